The summed E-state index contributed by atoms with van der Waals surface area (Å²) in [6, 6.07) is 8.48. The maximum atomic E-state index is 13.5. The van der Waals surface area contributed by atoms with Crippen LogP contribution >= 0.6 is 11.8 Å². The van der Waals surface area contributed by atoms with Gasteiger partial charge in [0.1, 0.15) is 22.2 Å². The lowest BCUT2D eigenvalue weighted by Gasteiger charge is -1.97. The fraction of sp³-hybridized carbons (Fsp3) is 0. The number of nitrogens with zero attached hydrogens (tertiary/aromatic N) is 2. The summed E-state index contributed by atoms with van der Waals surface area (Å²) in [5.74, 6) is -1.19. The van der Waals surface area contributed by atoms with Crippen LogP contribution in [0.3, 0.4) is 0 Å². The molecule has 2 heterocycles. The second-order valence-corrected chi connectivity index (χ2v) is 5.40. The van der Waals surface area contributed by atoms with Crippen LogP contribution in [0.5, 0.6) is 0 Å². The van der Waals surface area contributed by atoms with Crippen LogP contribution in [0.15, 0.2) is 50.7 Å². The summed E-state index contributed by atoms with van der Waals surface area (Å²) in [5, 5.41) is 13.3. The van der Waals surface area contributed by atoms with Crippen molar-refractivity contribution in [2.75, 3.05) is 0 Å². The van der Waals surface area contributed by atoms with Crippen molar-refractivity contribution in [1.29, 1.82) is 0 Å². The van der Waals surface area contributed by atoms with Crippen LogP contribution in [-0.2, 0) is 4.79 Å². The average molecular weight is 333 g/mol. The molecule has 1 aromatic carbocycles. The Balaban J connectivity index is 1.83. The van der Waals surface area contributed by atoms with Crippen LogP contribution in [0.2, 0.25) is 0 Å². The molecule has 0 unspecified atom stereocenters. The van der Waals surface area contributed by atoms with Crippen LogP contribution < -0.4 is 5.32 Å². The molecule has 0 saturated carbocycles. The van der Waals surface area contributed by atoms with Crippen molar-refractivity contribution in [3.05, 3.63) is 63.0 Å². The lowest BCUT2D eigenvalue weighted by atomic mass is 10.3. The lowest BCUT2D eigenvalue weighted by Crippen LogP contribution is -2.19. The number of nitro groups is 1. The maximum Gasteiger partial charge on any atom is 0.433 e. The highest BCUT2D eigenvalue weighted by Gasteiger charge is 2.25. The second kappa shape index (κ2) is 6.05. The quantitative estimate of drug-likeness (QED) is 0.528. The molecule has 0 bridgehead atoms. The summed E-state index contributed by atoms with van der Waals surface area (Å²) >= 11 is 0.989. The minimum atomic E-state index is -0.672. The maximum absolute atomic E-state index is 13.5. The van der Waals surface area contributed by atoms with Gasteiger partial charge in [-0.1, -0.05) is 12.1 Å². The molecule has 1 fully saturated rings. The highest BCUT2D eigenvalue weighted by molar-refractivity contribution is 8.18. The third-order valence-corrected chi connectivity index (χ3v) is 3.70. The number of nitrogens with one attached hydrogen (secondary N) is 1. The van der Waals surface area contributed by atoms with Crippen LogP contribution in [-0.4, -0.2) is 16.0 Å². The van der Waals surface area contributed by atoms with E-state index in [4.69, 9.17) is 4.42 Å². The van der Waals surface area contributed by atoms with Gasteiger partial charge in [-0.2, -0.15) is 0 Å². The Kier molecular flexibility index (Phi) is 3.94. The van der Waals surface area contributed by atoms with Gasteiger partial charge in [0.25, 0.3) is 5.91 Å². The number of amidine groups is 1. The topological polar surface area (TPSA) is 97.7 Å². The highest BCUT2D eigenvalue weighted by Crippen LogP contribution is 2.29. The van der Waals surface area contributed by atoms with E-state index < -0.39 is 22.5 Å². The zero-order chi connectivity index (χ0) is 16.4. The molecule has 1 aliphatic rings. The molecule has 2 aromatic rings. The minimum Gasteiger partial charge on any atom is -0.401 e. The van der Waals surface area contributed by atoms with E-state index in [0.29, 0.717) is 0 Å². The number of hydrogen-bond donors (Lipinski definition) is 1. The standard InChI is InChI=1S/C14H8FN3O4S/c15-9-3-1-2-4-10(9)16-14-17-13(19)11(23-14)7-8-5-6-12(22-8)18(20)21/h1-7H,(H,16,17,19)/b11-7-. The van der Waals surface area contributed by atoms with Gasteiger partial charge in [-0.15, -0.1) is 0 Å². The first-order valence-electron chi connectivity index (χ1n) is 6.31. The molecule has 3 rings (SSSR count). The summed E-state index contributed by atoms with van der Waals surface area (Å²) < 4.78 is 18.5. The van der Waals surface area contributed by atoms with E-state index in [1.165, 1.54) is 36.4 Å². The number of hydrogen-bond acceptors (Lipinski definition) is 6. The number of carbonyl (C=O) groups is 1. The van der Waals surface area contributed by atoms with Gasteiger partial charge in [0.15, 0.2) is 5.17 Å². The zero-order valence-electron chi connectivity index (χ0n) is 11.4. The SMILES string of the molecule is O=C1NC(=Nc2ccccc2F)S/C1=C\c1ccc([N+](=O)[O-])o1. The Morgan fingerprint density at radius 2 is 2.09 bits per heavy atom. The summed E-state index contributed by atoms with van der Waals surface area (Å²) in [7, 11) is 0. The van der Waals surface area contributed by atoms with Gasteiger partial charge in [-0.25, -0.2) is 9.38 Å². The van der Waals surface area contributed by atoms with Crippen molar-refractivity contribution in [2.45, 2.75) is 0 Å². The molecule has 7 nitrogen and oxygen atoms in total. The first-order chi connectivity index (χ1) is 11.0. The van der Waals surface area contributed by atoms with E-state index in [9.17, 15) is 19.3 Å². The predicted octanol–water partition coefficient (Wildman–Crippen LogP) is 3.22. The molecule has 0 atom stereocenters. The normalized spacial score (nSPS) is 17.7. The van der Waals surface area contributed by atoms with Crippen LogP contribution in [0.4, 0.5) is 16.0 Å². The van der Waals surface area contributed by atoms with Gasteiger partial charge in [-0.3, -0.25) is 14.9 Å². The van der Waals surface area contributed by atoms with Crippen molar-refractivity contribution in [2.24, 2.45) is 4.99 Å². The smallest absolute Gasteiger partial charge is 0.401 e. The number of furan rings is 1. The average Bonchev–Trinajstić information content (AvgIpc) is 3.10. The number of benzene rings is 1. The van der Waals surface area contributed by atoms with Gasteiger partial charge >= 0.3 is 5.88 Å². The molecule has 0 spiro atoms. The molecule has 1 saturated heterocycles. The Bertz CT molecular complexity index is 859. The fourth-order valence-electron chi connectivity index (χ4n) is 1.78. The van der Waals surface area contributed by atoms with Gasteiger partial charge < -0.3 is 9.73 Å². The molecule has 1 N–H and O–H groups in total. The van der Waals surface area contributed by atoms with E-state index in [1.807, 2.05) is 0 Å². The molecule has 0 radical (unpaired) electrons. The van der Waals surface area contributed by atoms with Crippen LogP contribution in [0.25, 0.3) is 6.08 Å². The van der Waals surface area contributed by atoms with Gasteiger partial charge in [-0.05, 0) is 30.0 Å². The zero-order valence-corrected chi connectivity index (χ0v) is 12.2. The van der Waals surface area contributed by atoms with E-state index in [0.717, 1.165) is 11.8 Å². The van der Waals surface area contributed by atoms with Gasteiger partial charge in [0, 0.05) is 6.08 Å². The molecule has 9 heteroatoms. The number of halogens is 1. The first kappa shape index (κ1) is 15.0. The van der Waals surface area contributed by atoms with Crippen molar-refractivity contribution in [3.8, 4) is 0 Å². The molecular weight excluding hydrogens is 325 g/mol. The fourth-order valence-corrected chi connectivity index (χ4v) is 2.59. The molecular formula is C14H8FN3O4S. The third-order valence-electron chi connectivity index (χ3n) is 2.79. The first-order valence-corrected chi connectivity index (χ1v) is 7.13. The molecule has 116 valence electrons. The Hall–Kier alpha value is -2.94. The summed E-state index contributed by atoms with van der Waals surface area (Å²) in [6.07, 6.45) is 1.36. The Labute approximate surface area is 133 Å². The largest absolute Gasteiger partial charge is 0.433 e. The minimum absolute atomic E-state index is 0.102. The van der Waals surface area contributed by atoms with Crippen LogP contribution in [0, 0.1) is 15.9 Å². The summed E-state index contributed by atoms with van der Waals surface area (Å²) in [4.78, 5) is 26.0. The van der Waals surface area contributed by atoms with Crippen molar-refractivity contribution >= 4 is 40.5 Å². The molecule has 0 aliphatic carbocycles. The van der Waals surface area contributed by atoms with E-state index in [2.05, 4.69) is 10.3 Å². The lowest BCUT2D eigenvalue weighted by molar-refractivity contribution is -0.402. The van der Waals surface area contributed by atoms with Crippen molar-refractivity contribution in [3.63, 3.8) is 0 Å². The van der Waals surface area contributed by atoms with Gasteiger partial charge in [0.05, 0.1) is 11.0 Å². The Morgan fingerprint density at radius 1 is 1.30 bits per heavy atom. The Morgan fingerprint density at radius 3 is 2.78 bits per heavy atom. The number of aliphatic imine (C=N–C) groups is 1. The highest BCUT2D eigenvalue weighted by atomic mass is 32.2. The third kappa shape index (κ3) is 3.29. The number of rotatable bonds is 3. The second-order valence-electron chi connectivity index (χ2n) is 4.37. The van der Waals surface area contributed by atoms with Crippen molar-refractivity contribution < 1.29 is 18.5 Å². The van der Waals surface area contributed by atoms with Gasteiger partial charge in [0.2, 0.25) is 0 Å². The number of carbonyl (C=O) groups excluding carboxylic acids is 1. The summed E-state index contributed by atoms with van der Waals surface area (Å²) in [5.41, 5.74) is 0.102. The predicted molar refractivity (Wildman–Crippen MR) is 82.6 cm³/mol. The van der Waals surface area contributed by atoms with Crippen LogP contribution in [0.1, 0.15) is 5.76 Å². The monoisotopic (exact) mass is 333 g/mol. The molecule has 1 amide bonds. The molecule has 1 aromatic heterocycles. The summed E-state index contributed by atoms with van der Waals surface area (Å²) in [6.45, 7) is 0. The van der Waals surface area contributed by atoms with E-state index in [1.54, 1.807) is 6.07 Å². The van der Waals surface area contributed by atoms with E-state index >= 15 is 0 Å². The van der Waals surface area contributed by atoms with E-state index in [-0.39, 0.29) is 21.5 Å². The van der Waals surface area contributed by atoms with Crippen molar-refractivity contribution in [1.82, 2.24) is 5.32 Å². The number of amides is 1. The number of thioether (sulfide) groups is 1. The molecule has 1 aliphatic heterocycles. The number of para-hydroxylation sites is 1. The molecule has 23 heavy (non-hydrogen) atoms.